The van der Waals surface area contributed by atoms with Crippen LogP contribution in [0.2, 0.25) is 0 Å². The number of anilines is 2. The Morgan fingerprint density at radius 3 is 2.32 bits per heavy atom. The van der Waals surface area contributed by atoms with Crippen LogP contribution in [0.3, 0.4) is 0 Å². The van der Waals surface area contributed by atoms with E-state index in [4.69, 9.17) is 18.9 Å². The monoisotopic (exact) mass is 619 g/mol. The summed E-state index contributed by atoms with van der Waals surface area (Å²) < 4.78 is 28.2. The molecule has 1 aliphatic heterocycles. The topological polar surface area (TPSA) is 206 Å². The summed E-state index contributed by atoms with van der Waals surface area (Å²) in [7, 11) is 0. The maximum atomic E-state index is 12.5. The van der Waals surface area contributed by atoms with Gasteiger partial charge >= 0.3 is 24.0 Å². The van der Waals surface area contributed by atoms with Gasteiger partial charge in [-0.25, -0.2) is 9.79 Å². The zero-order valence-electron chi connectivity index (χ0n) is 25.5. The Hall–Kier alpha value is -4.57. The van der Waals surface area contributed by atoms with Crippen LogP contribution in [0.4, 0.5) is 22.1 Å². The lowest BCUT2D eigenvalue weighted by Crippen LogP contribution is -2.45. The predicted octanol–water partition coefficient (Wildman–Crippen LogP) is 2.60. The van der Waals surface area contributed by atoms with Gasteiger partial charge in [0.25, 0.3) is 5.56 Å². The highest BCUT2D eigenvalue weighted by atomic mass is 16.7. The van der Waals surface area contributed by atoms with E-state index in [-0.39, 0.29) is 23.9 Å². The molecule has 4 atom stereocenters. The molecule has 0 aromatic carbocycles. The lowest BCUT2D eigenvalue weighted by atomic mass is 10.1. The lowest BCUT2D eigenvalue weighted by molar-refractivity contribution is -0.190. The number of hydrogen-bond acceptors (Lipinski definition) is 14. The average molecular weight is 620 g/mol. The number of amides is 1. The third-order valence-corrected chi connectivity index (χ3v) is 6.29. The van der Waals surface area contributed by atoms with Gasteiger partial charge in [-0.05, 0) is 13.8 Å². The van der Waals surface area contributed by atoms with Crippen molar-refractivity contribution in [2.75, 3.05) is 24.0 Å². The van der Waals surface area contributed by atoms with Crippen LogP contribution in [0.25, 0.3) is 10.8 Å². The first kappa shape index (κ1) is 33.9. The second-order valence-corrected chi connectivity index (χ2v) is 10.6. The molecule has 3 rings (SSSR count). The number of aliphatic imine (C=N–C) groups is 1. The van der Waals surface area contributed by atoms with Crippen LogP contribution in [0.15, 0.2) is 22.1 Å². The van der Waals surface area contributed by atoms with Gasteiger partial charge in [-0.2, -0.15) is 4.98 Å². The molecular weight excluding hydrogens is 582 g/mol. The Morgan fingerprint density at radius 1 is 1.02 bits per heavy atom. The summed E-state index contributed by atoms with van der Waals surface area (Å²) in [5, 5.41) is 16.5. The summed E-state index contributed by atoms with van der Waals surface area (Å²) in [5.41, 5.74) is -0.673. The second-order valence-electron chi connectivity index (χ2n) is 10.6. The maximum absolute atomic E-state index is 12.5. The fourth-order valence-corrected chi connectivity index (χ4v) is 4.05. The van der Waals surface area contributed by atoms with Gasteiger partial charge in [0.1, 0.15) is 30.6 Å². The molecule has 16 heteroatoms. The van der Waals surface area contributed by atoms with E-state index in [0.29, 0.717) is 10.8 Å². The van der Waals surface area contributed by atoms with Crippen LogP contribution in [-0.4, -0.2) is 76.7 Å². The first-order chi connectivity index (χ1) is 20.7. The summed E-state index contributed by atoms with van der Waals surface area (Å²) in [5.74, 6) is -2.27. The number of rotatable bonds is 13. The second kappa shape index (κ2) is 14.7. The maximum Gasteiger partial charge on any atom is 0.414 e. The molecule has 0 saturated heterocycles. The van der Waals surface area contributed by atoms with E-state index in [1.165, 1.54) is 13.3 Å². The summed E-state index contributed by atoms with van der Waals surface area (Å²) >= 11 is 0. The Kier molecular flexibility index (Phi) is 11.4. The molecule has 0 bridgehead atoms. The molecule has 240 valence electrons. The van der Waals surface area contributed by atoms with E-state index in [2.05, 4.69) is 25.3 Å². The molecule has 2 aromatic heterocycles. The number of ether oxygens (including phenoxy) is 5. The van der Waals surface area contributed by atoms with E-state index < -0.39 is 72.7 Å². The van der Waals surface area contributed by atoms with Crippen molar-refractivity contribution in [3.05, 3.63) is 22.6 Å². The third-order valence-electron chi connectivity index (χ3n) is 6.29. The fraction of sp³-hybridized carbons (Fsp3) is 0.536. The molecule has 1 aliphatic rings. The molecule has 3 N–H and O–H groups in total. The van der Waals surface area contributed by atoms with Gasteiger partial charge in [0.2, 0.25) is 6.79 Å². The molecule has 1 amide bonds. The van der Waals surface area contributed by atoms with E-state index in [1.807, 2.05) is 0 Å². The molecule has 0 fully saturated rings. The number of aromatic nitrogens is 2. The number of aliphatic hydroxyl groups is 1. The molecule has 1 unspecified atom stereocenters. The van der Waals surface area contributed by atoms with Gasteiger partial charge in [0, 0.05) is 24.6 Å². The van der Waals surface area contributed by atoms with Crippen molar-refractivity contribution < 1.29 is 48.0 Å². The Morgan fingerprint density at radius 2 is 1.70 bits per heavy atom. The summed E-state index contributed by atoms with van der Waals surface area (Å²) in [6.07, 6.45) is -2.57. The largest absolute Gasteiger partial charge is 0.463 e. The van der Waals surface area contributed by atoms with Crippen molar-refractivity contribution >= 4 is 58.4 Å². The van der Waals surface area contributed by atoms with Crippen molar-refractivity contribution in [1.29, 1.82) is 0 Å². The summed E-state index contributed by atoms with van der Waals surface area (Å²) in [6, 6.07) is 1.08. The van der Waals surface area contributed by atoms with Gasteiger partial charge in [-0.15, -0.1) is 0 Å². The van der Waals surface area contributed by atoms with Gasteiger partial charge in [0.15, 0.2) is 6.10 Å². The standard InChI is InChI=1S/C28H37N5O11/c1-13(2)26(37)40-10-20(23(15(5)34)44-27(38)14(3)4)43-16(6)33-9-18-19(31-28(39)42-12-41-17(7)35)8-21(36)32-24-22(18)25(33)30-11-29-24/h8-9,11,13-16,20,23,34H,10,12H2,1-7H3,(H,31,39)(H,29,30,32,36)/t15-,16?,20+,23-/m0/s1. The number of nitrogens with zero attached hydrogens (tertiary/aromatic N) is 3. The van der Waals surface area contributed by atoms with Gasteiger partial charge < -0.3 is 38.7 Å². The van der Waals surface area contributed by atoms with E-state index in [0.717, 1.165) is 13.0 Å². The Bertz CT molecular complexity index is 1480. The number of carbonyl (C=O) groups is 4. The molecule has 0 radical (unpaired) electrons. The van der Waals surface area contributed by atoms with Gasteiger partial charge in [-0.3, -0.25) is 24.5 Å². The SMILES string of the molecule is CC(=O)OCOC(=O)Nc1cc(=O)nc2c3c(n(C(C)O[C@H](COC(=O)C(C)C)[C@@H](OC(=O)C(C)C)[C@H](C)O)cc13)N=CN2. The van der Waals surface area contributed by atoms with Crippen LogP contribution < -0.4 is 16.2 Å². The summed E-state index contributed by atoms with van der Waals surface area (Å²) in [4.78, 5) is 69.1. The van der Waals surface area contributed by atoms with Crippen LogP contribution >= 0.6 is 0 Å². The normalized spacial score (nSPS) is 14.8. The number of esters is 3. The number of aliphatic hydroxyl groups excluding tert-OH is 1. The molecule has 16 nitrogen and oxygen atoms in total. The van der Waals surface area contributed by atoms with Crippen molar-refractivity contribution in [2.24, 2.45) is 16.8 Å². The van der Waals surface area contributed by atoms with Crippen LogP contribution in [0.1, 0.15) is 54.7 Å². The molecule has 0 aliphatic carbocycles. The van der Waals surface area contributed by atoms with Crippen molar-refractivity contribution in [1.82, 2.24) is 9.55 Å². The third kappa shape index (κ3) is 8.50. The highest BCUT2D eigenvalue weighted by Crippen LogP contribution is 2.40. The Balaban J connectivity index is 2.02. The highest BCUT2D eigenvalue weighted by Gasteiger charge is 2.35. The minimum absolute atomic E-state index is 0.0119. The highest BCUT2D eigenvalue weighted by molar-refractivity contribution is 6.12. The van der Waals surface area contributed by atoms with Gasteiger partial charge in [0.05, 0.1) is 35.4 Å². The lowest BCUT2D eigenvalue weighted by Gasteiger charge is -2.32. The number of carbonyl (C=O) groups excluding carboxylic acids is 4. The smallest absolute Gasteiger partial charge is 0.414 e. The van der Waals surface area contributed by atoms with Gasteiger partial charge in [-0.1, -0.05) is 27.7 Å². The van der Waals surface area contributed by atoms with Crippen molar-refractivity contribution in [2.45, 2.75) is 73.0 Å². The van der Waals surface area contributed by atoms with Crippen LogP contribution in [-0.2, 0) is 38.1 Å². The first-order valence-corrected chi connectivity index (χ1v) is 13.9. The molecule has 2 aromatic rings. The van der Waals surface area contributed by atoms with E-state index in [1.54, 1.807) is 45.4 Å². The van der Waals surface area contributed by atoms with Crippen LogP contribution in [0, 0.1) is 11.8 Å². The minimum Gasteiger partial charge on any atom is -0.463 e. The van der Waals surface area contributed by atoms with E-state index in [9.17, 15) is 29.1 Å². The predicted molar refractivity (Wildman–Crippen MR) is 156 cm³/mol. The molecule has 3 heterocycles. The summed E-state index contributed by atoms with van der Waals surface area (Å²) in [6.45, 7) is 9.81. The zero-order chi connectivity index (χ0) is 32.7. The number of nitrogens with one attached hydrogen (secondary N) is 2. The fourth-order valence-electron chi connectivity index (χ4n) is 4.05. The Labute approximate surface area is 252 Å². The van der Waals surface area contributed by atoms with E-state index >= 15 is 0 Å². The average Bonchev–Trinajstić information content (AvgIpc) is 3.27. The van der Waals surface area contributed by atoms with Crippen LogP contribution in [0.5, 0.6) is 0 Å². The zero-order valence-corrected chi connectivity index (χ0v) is 25.5. The first-order valence-electron chi connectivity index (χ1n) is 13.9. The minimum atomic E-state index is -1.21. The molecule has 0 saturated carbocycles. The quantitative estimate of drug-likeness (QED) is 0.168. The number of hydrogen-bond donors (Lipinski definition) is 3. The molecule has 44 heavy (non-hydrogen) atoms. The van der Waals surface area contributed by atoms with Crippen molar-refractivity contribution in [3.63, 3.8) is 0 Å². The molecule has 0 spiro atoms. The van der Waals surface area contributed by atoms with Crippen molar-refractivity contribution in [3.8, 4) is 0 Å². The molecular formula is C28H37N5O11.